The highest BCUT2D eigenvalue weighted by Gasteiger charge is 2.10. The molecular weight excluding hydrogens is 158 g/mol. The molecule has 0 rings (SSSR count). The number of methoxy groups -OCH3 is 1. The number of allylic oxidation sites excluding steroid dienone is 1. The van der Waals surface area contributed by atoms with Crippen LogP contribution in [0.25, 0.3) is 0 Å². The zero-order valence-electron chi connectivity index (χ0n) is 7.70. The Labute approximate surface area is 72.4 Å². The van der Waals surface area contributed by atoms with Gasteiger partial charge in [-0.2, -0.15) is 0 Å². The van der Waals surface area contributed by atoms with Crippen LogP contribution in [0.3, 0.4) is 0 Å². The monoisotopic (exact) mass is 173 g/mol. The fourth-order valence-electron chi connectivity index (χ4n) is 0.856. The van der Waals surface area contributed by atoms with E-state index in [2.05, 4.69) is 0 Å². The van der Waals surface area contributed by atoms with Gasteiger partial charge in [0, 0.05) is 20.7 Å². The van der Waals surface area contributed by atoms with Gasteiger partial charge in [0.1, 0.15) is 5.70 Å². The first-order valence-electron chi connectivity index (χ1n) is 3.73. The van der Waals surface area contributed by atoms with Crippen molar-refractivity contribution in [2.45, 2.75) is 6.92 Å². The molecule has 0 saturated heterocycles. The number of carboxylic acid groups (broad SMARTS) is 1. The van der Waals surface area contributed by atoms with Crippen LogP contribution >= 0.6 is 0 Å². The number of hydrogen-bond donors (Lipinski definition) is 1. The largest absolute Gasteiger partial charge is 0.477 e. The van der Waals surface area contributed by atoms with Gasteiger partial charge in [0.15, 0.2) is 0 Å². The smallest absolute Gasteiger partial charge is 0.351 e. The van der Waals surface area contributed by atoms with Crippen molar-refractivity contribution in [3.8, 4) is 0 Å². The zero-order valence-corrected chi connectivity index (χ0v) is 7.70. The molecule has 1 N–H and O–H groups in total. The van der Waals surface area contributed by atoms with Crippen molar-refractivity contribution in [1.82, 2.24) is 4.90 Å². The van der Waals surface area contributed by atoms with Crippen LogP contribution in [0.2, 0.25) is 0 Å². The molecule has 0 aromatic rings. The average molecular weight is 173 g/mol. The summed E-state index contributed by atoms with van der Waals surface area (Å²) in [5, 5.41) is 8.69. The summed E-state index contributed by atoms with van der Waals surface area (Å²) in [5.74, 6) is -0.906. The Kier molecular flexibility index (Phi) is 5.12. The number of carboxylic acids is 1. The standard InChI is InChI=1S/C8H15NO3/c1-4-7(8(10)11)9(2)5-6-12-3/h4H,5-6H2,1-3H3,(H,10,11). The molecule has 0 saturated carbocycles. The minimum Gasteiger partial charge on any atom is -0.477 e. The minimum absolute atomic E-state index is 0.298. The third kappa shape index (κ3) is 3.39. The molecule has 0 unspecified atom stereocenters. The summed E-state index contributed by atoms with van der Waals surface area (Å²) >= 11 is 0. The average Bonchev–Trinajstić information content (AvgIpc) is 2.01. The molecule has 0 spiro atoms. The fourth-order valence-corrected chi connectivity index (χ4v) is 0.856. The highest BCUT2D eigenvalue weighted by atomic mass is 16.5. The molecular formula is C8H15NO3. The Morgan fingerprint density at radius 1 is 1.67 bits per heavy atom. The molecule has 0 heterocycles. The number of likely N-dealkylation sites (N-methyl/N-ethyl adjacent to an activating group) is 1. The Morgan fingerprint density at radius 2 is 2.25 bits per heavy atom. The van der Waals surface area contributed by atoms with Gasteiger partial charge < -0.3 is 14.7 Å². The molecule has 12 heavy (non-hydrogen) atoms. The predicted octanol–water partition coefficient (Wildman–Crippen LogP) is 0.553. The summed E-state index contributed by atoms with van der Waals surface area (Å²) in [5.41, 5.74) is 0.298. The lowest BCUT2D eigenvalue weighted by atomic mass is 10.3. The lowest BCUT2D eigenvalue weighted by Gasteiger charge is -2.18. The highest BCUT2D eigenvalue weighted by Crippen LogP contribution is 2.00. The van der Waals surface area contributed by atoms with E-state index in [0.717, 1.165) is 0 Å². The maximum Gasteiger partial charge on any atom is 0.351 e. The molecule has 4 heteroatoms. The van der Waals surface area contributed by atoms with Crippen molar-refractivity contribution in [1.29, 1.82) is 0 Å². The number of nitrogens with zero attached hydrogens (tertiary/aromatic N) is 1. The molecule has 0 bridgehead atoms. The first-order chi connectivity index (χ1) is 5.63. The van der Waals surface area contributed by atoms with E-state index in [4.69, 9.17) is 9.84 Å². The SMILES string of the molecule is CC=C(C(=O)O)N(C)CCOC. The van der Waals surface area contributed by atoms with Crippen molar-refractivity contribution < 1.29 is 14.6 Å². The fraction of sp³-hybridized carbons (Fsp3) is 0.625. The summed E-state index contributed by atoms with van der Waals surface area (Å²) in [6.07, 6.45) is 1.57. The molecule has 0 atom stereocenters. The molecule has 0 aromatic carbocycles. The van der Waals surface area contributed by atoms with Crippen molar-refractivity contribution in [2.75, 3.05) is 27.3 Å². The van der Waals surface area contributed by atoms with Crippen LogP contribution in [-0.2, 0) is 9.53 Å². The van der Waals surface area contributed by atoms with E-state index in [1.54, 1.807) is 32.1 Å². The van der Waals surface area contributed by atoms with E-state index < -0.39 is 5.97 Å². The number of carbonyl (C=O) groups is 1. The summed E-state index contributed by atoms with van der Waals surface area (Å²) in [6, 6.07) is 0. The van der Waals surface area contributed by atoms with Gasteiger partial charge in [-0.3, -0.25) is 0 Å². The van der Waals surface area contributed by atoms with Crippen LogP contribution in [0.5, 0.6) is 0 Å². The van der Waals surface area contributed by atoms with Gasteiger partial charge in [0.2, 0.25) is 0 Å². The third-order valence-corrected chi connectivity index (χ3v) is 1.53. The molecule has 0 fully saturated rings. The second-order valence-electron chi connectivity index (χ2n) is 2.39. The van der Waals surface area contributed by atoms with Gasteiger partial charge in [0.25, 0.3) is 0 Å². The van der Waals surface area contributed by atoms with Crippen LogP contribution in [-0.4, -0.2) is 43.3 Å². The Hall–Kier alpha value is -1.03. The molecule has 0 amide bonds. The van der Waals surface area contributed by atoms with E-state index in [9.17, 15) is 4.79 Å². The lowest BCUT2D eigenvalue weighted by Crippen LogP contribution is -2.26. The number of ether oxygens (including phenoxy) is 1. The highest BCUT2D eigenvalue weighted by molar-refractivity contribution is 5.85. The summed E-state index contributed by atoms with van der Waals surface area (Å²) < 4.78 is 4.83. The predicted molar refractivity (Wildman–Crippen MR) is 45.9 cm³/mol. The molecule has 4 nitrogen and oxygen atoms in total. The zero-order chi connectivity index (χ0) is 9.56. The van der Waals surface area contributed by atoms with Crippen molar-refractivity contribution in [3.63, 3.8) is 0 Å². The van der Waals surface area contributed by atoms with Crippen LogP contribution in [0.1, 0.15) is 6.92 Å². The normalized spacial score (nSPS) is 11.4. The maximum absolute atomic E-state index is 10.6. The number of rotatable bonds is 5. The lowest BCUT2D eigenvalue weighted by molar-refractivity contribution is -0.134. The number of hydrogen-bond acceptors (Lipinski definition) is 3. The Balaban J connectivity index is 4.05. The van der Waals surface area contributed by atoms with E-state index in [1.807, 2.05) is 0 Å². The van der Waals surface area contributed by atoms with E-state index >= 15 is 0 Å². The van der Waals surface area contributed by atoms with E-state index in [0.29, 0.717) is 18.8 Å². The second-order valence-corrected chi connectivity index (χ2v) is 2.39. The third-order valence-electron chi connectivity index (χ3n) is 1.53. The van der Waals surface area contributed by atoms with Crippen LogP contribution < -0.4 is 0 Å². The van der Waals surface area contributed by atoms with Crippen LogP contribution in [0.15, 0.2) is 11.8 Å². The first-order valence-corrected chi connectivity index (χ1v) is 3.73. The van der Waals surface area contributed by atoms with Gasteiger partial charge in [-0.25, -0.2) is 4.79 Å². The van der Waals surface area contributed by atoms with E-state index in [-0.39, 0.29) is 0 Å². The quantitative estimate of drug-likeness (QED) is 0.617. The first kappa shape index (κ1) is 11.0. The van der Waals surface area contributed by atoms with Crippen molar-refractivity contribution in [2.24, 2.45) is 0 Å². The van der Waals surface area contributed by atoms with Gasteiger partial charge in [-0.15, -0.1) is 0 Å². The van der Waals surface area contributed by atoms with E-state index in [1.165, 1.54) is 0 Å². The van der Waals surface area contributed by atoms with Crippen LogP contribution in [0, 0.1) is 0 Å². The molecule has 70 valence electrons. The van der Waals surface area contributed by atoms with Gasteiger partial charge in [-0.05, 0) is 6.92 Å². The molecule has 0 radical (unpaired) electrons. The Morgan fingerprint density at radius 3 is 2.58 bits per heavy atom. The summed E-state index contributed by atoms with van der Waals surface area (Å²) in [6.45, 7) is 2.82. The maximum atomic E-state index is 10.6. The minimum atomic E-state index is -0.906. The van der Waals surface area contributed by atoms with Crippen LogP contribution in [0.4, 0.5) is 0 Å². The molecule has 0 aliphatic rings. The summed E-state index contributed by atoms with van der Waals surface area (Å²) in [7, 11) is 3.31. The molecule has 0 aliphatic heterocycles. The molecule has 0 aromatic heterocycles. The van der Waals surface area contributed by atoms with Gasteiger partial charge in [0.05, 0.1) is 6.61 Å². The number of aliphatic carboxylic acids is 1. The van der Waals surface area contributed by atoms with Crippen molar-refractivity contribution in [3.05, 3.63) is 11.8 Å². The molecule has 0 aliphatic carbocycles. The Bertz CT molecular complexity index is 177. The second kappa shape index (κ2) is 5.60. The van der Waals surface area contributed by atoms with Gasteiger partial charge in [-0.1, -0.05) is 6.08 Å². The summed E-state index contributed by atoms with van der Waals surface area (Å²) in [4.78, 5) is 12.2. The van der Waals surface area contributed by atoms with Crippen molar-refractivity contribution >= 4 is 5.97 Å². The van der Waals surface area contributed by atoms with Gasteiger partial charge >= 0.3 is 5.97 Å². The topological polar surface area (TPSA) is 49.8 Å².